The molecule has 1 heterocycles. The van der Waals surface area contributed by atoms with Crippen LogP contribution in [-0.2, 0) is 4.79 Å². The number of para-hydroxylation sites is 1. The van der Waals surface area contributed by atoms with E-state index in [9.17, 15) is 4.79 Å². The molecule has 0 spiro atoms. The molecule has 3 aromatic rings. The zero-order valence-electron chi connectivity index (χ0n) is 12.4. The second-order valence-corrected chi connectivity index (χ2v) is 6.24. The van der Waals surface area contributed by atoms with Crippen LogP contribution < -0.4 is 10.1 Å². The summed E-state index contributed by atoms with van der Waals surface area (Å²) < 4.78 is 6.68. The average molecular weight is 419 g/mol. The number of amides is 1. The number of carbonyl (C=O) groups is 1. The predicted octanol–water partition coefficient (Wildman–Crippen LogP) is 3.56. The summed E-state index contributed by atoms with van der Waals surface area (Å²) in [5, 5.41) is 3.63. The second-order valence-electron chi connectivity index (χ2n) is 4.99. The van der Waals surface area contributed by atoms with Crippen LogP contribution in [0.1, 0.15) is 5.56 Å². The minimum atomic E-state index is -0.225. The Kier molecular flexibility index (Phi) is 4.71. The van der Waals surface area contributed by atoms with Gasteiger partial charge in [-0.3, -0.25) is 4.79 Å². The van der Waals surface area contributed by atoms with E-state index in [1.54, 1.807) is 0 Å². The topological polar surface area (TPSA) is 64.1 Å². The molecule has 3 rings (SSSR count). The van der Waals surface area contributed by atoms with Crippen LogP contribution in [0.3, 0.4) is 0 Å². The minimum absolute atomic E-state index is 0.105. The van der Waals surface area contributed by atoms with Crippen LogP contribution in [0.5, 0.6) is 5.88 Å². The van der Waals surface area contributed by atoms with Gasteiger partial charge in [-0.15, -0.1) is 0 Å². The molecule has 6 heteroatoms. The molecular formula is C17H14IN3O2. The van der Waals surface area contributed by atoms with Gasteiger partial charge in [-0.25, -0.2) is 9.97 Å². The van der Waals surface area contributed by atoms with E-state index in [0.717, 1.165) is 25.7 Å². The molecule has 23 heavy (non-hydrogen) atoms. The summed E-state index contributed by atoms with van der Waals surface area (Å²) in [5.41, 5.74) is 2.58. The minimum Gasteiger partial charge on any atom is -0.467 e. The fraction of sp³-hybridized carbons (Fsp3) is 0.118. The van der Waals surface area contributed by atoms with Gasteiger partial charge in [0.2, 0.25) is 5.88 Å². The fourth-order valence-electron chi connectivity index (χ4n) is 2.18. The van der Waals surface area contributed by atoms with Gasteiger partial charge in [-0.05, 0) is 65.4 Å². The third kappa shape index (κ3) is 3.76. The lowest BCUT2D eigenvalue weighted by atomic mass is 10.2. The third-order valence-electron chi connectivity index (χ3n) is 3.31. The number of nitrogens with zero attached hydrogens (tertiary/aromatic N) is 2. The van der Waals surface area contributed by atoms with Crippen LogP contribution in [0.25, 0.3) is 10.9 Å². The van der Waals surface area contributed by atoms with E-state index >= 15 is 0 Å². The van der Waals surface area contributed by atoms with E-state index in [1.165, 1.54) is 6.33 Å². The van der Waals surface area contributed by atoms with Gasteiger partial charge >= 0.3 is 0 Å². The first kappa shape index (κ1) is 15.7. The number of benzene rings is 2. The van der Waals surface area contributed by atoms with Crippen molar-refractivity contribution in [3.05, 3.63) is 57.9 Å². The Bertz CT molecular complexity index is 862. The van der Waals surface area contributed by atoms with Gasteiger partial charge in [0, 0.05) is 9.26 Å². The molecule has 2 aromatic carbocycles. The number of fused-ring (bicyclic) bond motifs is 1. The maximum Gasteiger partial charge on any atom is 0.262 e. The molecule has 0 bridgehead atoms. The number of anilines is 1. The van der Waals surface area contributed by atoms with Crippen molar-refractivity contribution in [1.29, 1.82) is 0 Å². The number of rotatable bonds is 4. The third-order valence-corrected chi connectivity index (χ3v) is 3.98. The quantitative estimate of drug-likeness (QED) is 0.657. The van der Waals surface area contributed by atoms with E-state index in [0.29, 0.717) is 5.88 Å². The lowest BCUT2D eigenvalue weighted by Gasteiger charge is -2.10. The highest BCUT2D eigenvalue weighted by atomic mass is 127. The van der Waals surface area contributed by atoms with Crippen molar-refractivity contribution in [2.75, 3.05) is 11.9 Å². The molecule has 5 nitrogen and oxygen atoms in total. The summed E-state index contributed by atoms with van der Waals surface area (Å²) in [5.74, 6) is 0.182. The number of ether oxygens (including phenoxy) is 1. The van der Waals surface area contributed by atoms with E-state index in [4.69, 9.17) is 4.74 Å². The lowest BCUT2D eigenvalue weighted by molar-refractivity contribution is -0.118. The Balaban J connectivity index is 1.69. The van der Waals surface area contributed by atoms with E-state index in [2.05, 4.69) is 37.9 Å². The number of carbonyl (C=O) groups excluding carboxylic acids is 1. The van der Waals surface area contributed by atoms with Crippen LogP contribution in [-0.4, -0.2) is 22.5 Å². The normalized spacial score (nSPS) is 10.5. The first-order chi connectivity index (χ1) is 11.1. The monoisotopic (exact) mass is 419 g/mol. The van der Waals surface area contributed by atoms with Crippen LogP contribution in [0.4, 0.5) is 5.69 Å². The van der Waals surface area contributed by atoms with Gasteiger partial charge in [0.25, 0.3) is 5.91 Å². The number of nitrogens with one attached hydrogen (secondary N) is 1. The number of halogens is 1. The Morgan fingerprint density at radius 1 is 1.22 bits per heavy atom. The summed E-state index contributed by atoms with van der Waals surface area (Å²) >= 11 is 2.24. The summed E-state index contributed by atoms with van der Waals surface area (Å²) in [6.45, 7) is 1.85. The molecule has 0 fully saturated rings. The Morgan fingerprint density at radius 3 is 2.87 bits per heavy atom. The first-order valence-corrected chi connectivity index (χ1v) is 8.10. The standard InChI is InChI=1S/C17H14IN3O2/c1-11-8-12(18)6-7-14(11)21-16(22)9-23-17-13-4-2-3-5-15(13)19-10-20-17/h2-8,10H,9H2,1H3,(H,21,22). The van der Waals surface area contributed by atoms with Crippen molar-refractivity contribution in [2.24, 2.45) is 0 Å². The molecule has 0 aliphatic rings. The number of hydrogen-bond donors (Lipinski definition) is 1. The fourth-order valence-corrected chi connectivity index (χ4v) is 2.83. The molecule has 0 unspecified atom stereocenters. The smallest absolute Gasteiger partial charge is 0.262 e. The molecule has 0 atom stereocenters. The number of aryl methyl sites for hydroxylation is 1. The highest BCUT2D eigenvalue weighted by molar-refractivity contribution is 14.1. The average Bonchev–Trinajstić information content (AvgIpc) is 2.55. The Hall–Kier alpha value is -2.22. The molecular weight excluding hydrogens is 405 g/mol. The van der Waals surface area contributed by atoms with Gasteiger partial charge in [-0.2, -0.15) is 0 Å². The lowest BCUT2D eigenvalue weighted by Crippen LogP contribution is -2.21. The highest BCUT2D eigenvalue weighted by Gasteiger charge is 2.09. The van der Waals surface area contributed by atoms with Gasteiger partial charge in [0.1, 0.15) is 6.33 Å². The van der Waals surface area contributed by atoms with Crippen LogP contribution in [0.15, 0.2) is 48.8 Å². The zero-order chi connectivity index (χ0) is 16.2. The van der Waals surface area contributed by atoms with E-state index in [-0.39, 0.29) is 12.5 Å². The van der Waals surface area contributed by atoms with Crippen molar-refractivity contribution in [1.82, 2.24) is 9.97 Å². The number of hydrogen-bond acceptors (Lipinski definition) is 4. The van der Waals surface area contributed by atoms with Crippen molar-refractivity contribution in [3.8, 4) is 5.88 Å². The van der Waals surface area contributed by atoms with Gasteiger partial charge in [-0.1, -0.05) is 12.1 Å². The molecule has 0 aliphatic carbocycles. The molecule has 1 N–H and O–H groups in total. The van der Waals surface area contributed by atoms with Crippen LogP contribution in [0.2, 0.25) is 0 Å². The summed E-state index contributed by atoms with van der Waals surface area (Å²) in [4.78, 5) is 20.3. The van der Waals surface area contributed by atoms with E-state index in [1.807, 2.05) is 49.4 Å². The van der Waals surface area contributed by atoms with Gasteiger partial charge in [0.15, 0.2) is 6.61 Å². The molecule has 1 amide bonds. The molecule has 0 saturated carbocycles. The van der Waals surface area contributed by atoms with Crippen molar-refractivity contribution in [3.63, 3.8) is 0 Å². The molecule has 116 valence electrons. The maximum absolute atomic E-state index is 12.1. The molecule has 0 saturated heterocycles. The maximum atomic E-state index is 12.1. The van der Waals surface area contributed by atoms with Crippen LogP contribution in [0, 0.1) is 10.5 Å². The predicted molar refractivity (Wildman–Crippen MR) is 97.6 cm³/mol. The summed E-state index contributed by atoms with van der Waals surface area (Å²) in [6, 6.07) is 13.4. The van der Waals surface area contributed by atoms with Crippen molar-refractivity contribution >= 4 is 45.1 Å². The largest absolute Gasteiger partial charge is 0.467 e. The van der Waals surface area contributed by atoms with Gasteiger partial charge < -0.3 is 10.1 Å². The van der Waals surface area contributed by atoms with Gasteiger partial charge in [0.05, 0.1) is 10.9 Å². The second kappa shape index (κ2) is 6.91. The summed E-state index contributed by atoms with van der Waals surface area (Å²) in [6.07, 6.45) is 1.43. The molecule has 0 aliphatic heterocycles. The Morgan fingerprint density at radius 2 is 2.04 bits per heavy atom. The first-order valence-electron chi connectivity index (χ1n) is 7.02. The molecule has 1 aromatic heterocycles. The number of aromatic nitrogens is 2. The molecule has 0 radical (unpaired) electrons. The van der Waals surface area contributed by atoms with E-state index < -0.39 is 0 Å². The zero-order valence-corrected chi connectivity index (χ0v) is 14.6. The summed E-state index contributed by atoms with van der Waals surface area (Å²) in [7, 11) is 0. The SMILES string of the molecule is Cc1cc(I)ccc1NC(=O)COc1ncnc2ccccc12. The Labute approximate surface area is 147 Å². The highest BCUT2D eigenvalue weighted by Crippen LogP contribution is 2.21. The van der Waals surface area contributed by atoms with Crippen molar-refractivity contribution < 1.29 is 9.53 Å². The van der Waals surface area contributed by atoms with Crippen LogP contribution >= 0.6 is 22.6 Å². The van der Waals surface area contributed by atoms with Crippen molar-refractivity contribution in [2.45, 2.75) is 6.92 Å².